The summed E-state index contributed by atoms with van der Waals surface area (Å²) in [4.78, 5) is 0. The summed E-state index contributed by atoms with van der Waals surface area (Å²) in [5, 5.41) is 2.74. The Kier molecular flexibility index (Phi) is 2.62. The first-order valence-electron chi connectivity index (χ1n) is 6.64. The van der Waals surface area contributed by atoms with Crippen molar-refractivity contribution in [1.82, 2.24) is 4.57 Å². The molecule has 3 rings (SSSR count). The molecule has 0 bridgehead atoms. The zero-order chi connectivity index (χ0) is 12.7. The summed E-state index contributed by atoms with van der Waals surface area (Å²) < 4.78 is 2.46. The highest BCUT2D eigenvalue weighted by atomic mass is 15.0. The van der Waals surface area contributed by atoms with Gasteiger partial charge in [-0.1, -0.05) is 44.2 Å². The maximum absolute atomic E-state index is 2.46. The van der Waals surface area contributed by atoms with E-state index in [-0.39, 0.29) is 0 Å². The van der Waals surface area contributed by atoms with Gasteiger partial charge in [0.2, 0.25) is 0 Å². The van der Waals surface area contributed by atoms with Crippen molar-refractivity contribution in [1.29, 1.82) is 0 Å². The van der Waals surface area contributed by atoms with Gasteiger partial charge in [0.15, 0.2) is 0 Å². The lowest BCUT2D eigenvalue weighted by molar-refractivity contribution is 0.545. The lowest BCUT2D eigenvalue weighted by Crippen LogP contribution is -2.03. The number of aryl methyl sites for hydroxylation is 1. The van der Waals surface area contributed by atoms with E-state index in [0.717, 1.165) is 6.54 Å². The van der Waals surface area contributed by atoms with Crippen molar-refractivity contribution in [3.05, 3.63) is 48.0 Å². The predicted octanol–water partition coefficient (Wildman–Crippen LogP) is 4.76. The maximum atomic E-state index is 2.46. The number of rotatable bonds is 2. The third-order valence-corrected chi connectivity index (χ3v) is 3.48. The maximum Gasteiger partial charge on any atom is 0.0494 e. The van der Waals surface area contributed by atoms with Crippen molar-refractivity contribution in [3.8, 4) is 0 Å². The first-order valence-corrected chi connectivity index (χ1v) is 6.64. The van der Waals surface area contributed by atoms with E-state index in [9.17, 15) is 0 Å². The predicted molar refractivity (Wildman–Crippen MR) is 79.0 cm³/mol. The van der Waals surface area contributed by atoms with Crippen LogP contribution in [0.1, 0.15) is 19.4 Å². The summed E-state index contributed by atoms with van der Waals surface area (Å²) in [6, 6.07) is 15.5. The average molecular weight is 237 g/mol. The molecule has 0 spiro atoms. The minimum absolute atomic E-state index is 0.657. The Morgan fingerprint density at radius 1 is 0.944 bits per heavy atom. The molecule has 0 N–H and O–H groups in total. The molecule has 0 radical (unpaired) electrons. The summed E-state index contributed by atoms with van der Waals surface area (Å²) in [5.74, 6) is 0.657. The largest absolute Gasteiger partial charge is 0.340 e. The van der Waals surface area contributed by atoms with Gasteiger partial charge in [0.1, 0.15) is 0 Å². The summed E-state index contributed by atoms with van der Waals surface area (Å²) >= 11 is 0. The molecule has 1 heteroatoms. The van der Waals surface area contributed by atoms with E-state index in [2.05, 4.69) is 67.8 Å². The van der Waals surface area contributed by atoms with Crippen molar-refractivity contribution in [3.63, 3.8) is 0 Å². The van der Waals surface area contributed by atoms with Crippen molar-refractivity contribution < 1.29 is 0 Å². The molecule has 0 unspecified atom stereocenters. The first kappa shape index (κ1) is 11.3. The zero-order valence-electron chi connectivity index (χ0n) is 11.3. The fourth-order valence-electron chi connectivity index (χ4n) is 2.72. The van der Waals surface area contributed by atoms with E-state index in [0.29, 0.717) is 5.92 Å². The molecule has 18 heavy (non-hydrogen) atoms. The molecule has 1 aromatic heterocycles. The van der Waals surface area contributed by atoms with Gasteiger partial charge in [0.05, 0.1) is 0 Å². The molecular weight excluding hydrogens is 218 g/mol. The average Bonchev–Trinajstić information content (AvgIpc) is 2.63. The van der Waals surface area contributed by atoms with Gasteiger partial charge >= 0.3 is 0 Å². The van der Waals surface area contributed by atoms with Crippen LogP contribution in [0.25, 0.3) is 21.8 Å². The minimum atomic E-state index is 0.657. The summed E-state index contributed by atoms with van der Waals surface area (Å²) in [6.45, 7) is 7.79. The molecule has 1 heterocycles. The number of hydrogen-bond donors (Lipinski definition) is 0. The standard InChI is InChI=1S/C17H19N/c1-12(2)11-18-16-7-5-4-6-14(16)15-9-8-13(3)10-17(15)18/h4-10,12H,11H2,1-3H3. The number of aromatic nitrogens is 1. The van der Waals surface area contributed by atoms with Gasteiger partial charge in [-0.15, -0.1) is 0 Å². The zero-order valence-corrected chi connectivity index (χ0v) is 11.3. The third-order valence-electron chi connectivity index (χ3n) is 3.48. The SMILES string of the molecule is Cc1ccc2c3ccccc3n(CC(C)C)c2c1. The minimum Gasteiger partial charge on any atom is -0.340 e. The summed E-state index contributed by atoms with van der Waals surface area (Å²) in [5.41, 5.74) is 4.05. The topological polar surface area (TPSA) is 4.93 Å². The second kappa shape index (κ2) is 4.16. The van der Waals surface area contributed by atoms with Crippen LogP contribution in [0, 0.1) is 12.8 Å². The van der Waals surface area contributed by atoms with Gasteiger partial charge in [0, 0.05) is 28.4 Å². The molecule has 0 fully saturated rings. The smallest absolute Gasteiger partial charge is 0.0494 e. The summed E-state index contributed by atoms with van der Waals surface area (Å²) in [7, 11) is 0. The second-order valence-corrected chi connectivity index (χ2v) is 5.54. The quantitative estimate of drug-likeness (QED) is 0.605. The van der Waals surface area contributed by atoms with E-state index in [4.69, 9.17) is 0 Å². The van der Waals surface area contributed by atoms with Crippen molar-refractivity contribution >= 4 is 21.8 Å². The number of fused-ring (bicyclic) bond motifs is 3. The van der Waals surface area contributed by atoms with Crippen molar-refractivity contribution in [2.75, 3.05) is 0 Å². The highest BCUT2D eigenvalue weighted by molar-refractivity contribution is 6.08. The lowest BCUT2D eigenvalue weighted by atomic mass is 10.1. The van der Waals surface area contributed by atoms with Gasteiger partial charge in [0.25, 0.3) is 0 Å². The highest BCUT2D eigenvalue weighted by Crippen LogP contribution is 2.30. The van der Waals surface area contributed by atoms with Crippen LogP contribution >= 0.6 is 0 Å². The van der Waals surface area contributed by atoms with Gasteiger partial charge in [-0.2, -0.15) is 0 Å². The van der Waals surface area contributed by atoms with Crippen LogP contribution in [-0.4, -0.2) is 4.57 Å². The van der Waals surface area contributed by atoms with Crippen LogP contribution in [0.15, 0.2) is 42.5 Å². The molecule has 92 valence electrons. The van der Waals surface area contributed by atoms with Gasteiger partial charge in [-0.05, 0) is 30.5 Å². The molecule has 0 aliphatic rings. The van der Waals surface area contributed by atoms with Crippen LogP contribution in [0.2, 0.25) is 0 Å². The molecule has 0 amide bonds. The van der Waals surface area contributed by atoms with Crippen LogP contribution in [-0.2, 0) is 6.54 Å². The van der Waals surface area contributed by atoms with E-state index < -0.39 is 0 Å². The van der Waals surface area contributed by atoms with Crippen LogP contribution < -0.4 is 0 Å². The summed E-state index contributed by atoms with van der Waals surface area (Å²) in [6.07, 6.45) is 0. The van der Waals surface area contributed by atoms with E-state index in [1.54, 1.807) is 0 Å². The number of hydrogen-bond acceptors (Lipinski definition) is 0. The molecule has 0 aliphatic heterocycles. The fourth-order valence-corrected chi connectivity index (χ4v) is 2.72. The van der Waals surface area contributed by atoms with Gasteiger partial charge < -0.3 is 4.57 Å². The number of nitrogens with zero attached hydrogens (tertiary/aromatic N) is 1. The van der Waals surface area contributed by atoms with Crippen molar-refractivity contribution in [2.45, 2.75) is 27.3 Å². The Bertz CT molecular complexity index is 704. The fraction of sp³-hybridized carbons (Fsp3) is 0.294. The number of benzene rings is 2. The lowest BCUT2D eigenvalue weighted by Gasteiger charge is -2.10. The van der Waals surface area contributed by atoms with Gasteiger partial charge in [-0.25, -0.2) is 0 Å². The molecule has 0 saturated heterocycles. The van der Waals surface area contributed by atoms with Crippen LogP contribution in [0.3, 0.4) is 0 Å². The van der Waals surface area contributed by atoms with E-state index in [1.165, 1.54) is 27.4 Å². The molecule has 3 aromatic rings. The first-order chi connectivity index (χ1) is 8.66. The molecule has 0 saturated carbocycles. The Morgan fingerprint density at radius 2 is 1.67 bits per heavy atom. The molecule has 2 aromatic carbocycles. The van der Waals surface area contributed by atoms with E-state index in [1.807, 2.05) is 0 Å². The Hall–Kier alpha value is -1.76. The molecule has 0 aliphatic carbocycles. The monoisotopic (exact) mass is 237 g/mol. The molecule has 0 atom stereocenters. The van der Waals surface area contributed by atoms with Crippen LogP contribution in [0.5, 0.6) is 0 Å². The van der Waals surface area contributed by atoms with Crippen molar-refractivity contribution in [2.24, 2.45) is 5.92 Å². The number of para-hydroxylation sites is 1. The Morgan fingerprint density at radius 3 is 2.44 bits per heavy atom. The normalized spacial score (nSPS) is 11.8. The van der Waals surface area contributed by atoms with Gasteiger partial charge in [-0.3, -0.25) is 0 Å². The Labute approximate surface area is 108 Å². The molecule has 1 nitrogen and oxygen atoms in total. The van der Waals surface area contributed by atoms with E-state index >= 15 is 0 Å². The third kappa shape index (κ3) is 1.71. The Balaban J connectivity index is 2.42. The van der Waals surface area contributed by atoms with Crippen LogP contribution in [0.4, 0.5) is 0 Å². The second-order valence-electron chi connectivity index (χ2n) is 5.54. The molecular formula is C17H19N. The highest BCUT2D eigenvalue weighted by Gasteiger charge is 2.10.